The highest BCUT2D eigenvalue weighted by atomic mass is 16.3. The predicted molar refractivity (Wildman–Crippen MR) is 76.8 cm³/mol. The summed E-state index contributed by atoms with van der Waals surface area (Å²) in [5.41, 5.74) is 0. The lowest BCUT2D eigenvalue weighted by atomic mass is 9.51. The number of hydrogen-bond donors (Lipinski definition) is 2. The van der Waals surface area contributed by atoms with Gasteiger partial charge in [0.15, 0.2) is 0 Å². The van der Waals surface area contributed by atoms with Crippen LogP contribution in [0.15, 0.2) is 0 Å². The molecule has 0 aromatic rings. The Hall–Kier alpha value is -0.0800. The Morgan fingerprint density at radius 3 is 2.05 bits per heavy atom. The second-order valence-electron chi connectivity index (χ2n) is 7.97. The average molecular weight is 263 g/mol. The standard InChI is InChI=1S/C17H29NO/c19-16(10-18-15-3-1-2-4-15)17-13-6-11-5-12(8-13)9-14(17)7-11/h11-19H,1-10H2. The van der Waals surface area contributed by atoms with Crippen molar-refractivity contribution in [2.45, 2.75) is 69.9 Å². The van der Waals surface area contributed by atoms with Crippen molar-refractivity contribution in [3.05, 3.63) is 0 Å². The van der Waals surface area contributed by atoms with Gasteiger partial charge in [-0.25, -0.2) is 0 Å². The third-order valence-electron chi connectivity index (χ3n) is 6.71. The zero-order valence-corrected chi connectivity index (χ0v) is 12.1. The van der Waals surface area contributed by atoms with Gasteiger partial charge in [0.2, 0.25) is 0 Å². The number of aliphatic hydroxyl groups is 1. The molecule has 0 amide bonds. The van der Waals surface area contributed by atoms with Gasteiger partial charge in [-0.15, -0.1) is 0 Å². The Morgan fingerprint density at radius 2 is 1.47 bits per heavy atom. The third kappa shape index (κ3) is 2.35. The highest BCUT2D eigenvalue weighted by Gasteiger charge is 2.50. The first-order chi connectivity index (χ1) is 9.29. The van der Waals surface area contributed by atoms with E-state index in [2.05, 4.69) is 5.32 Å². The molecule has 5 aliphatic rings. The van der Waals surface area contributed by atoms with Crippen molar-refractivity contribution in [3.63, 3.8) is 0 Å². The molecule has 0 aromatic carbocycles. The second kappa shape index (κ2) is 5.04. The van der Waals surface area contributed by atoms with Crippen LogP contribution in [-0.2, 0) is 0 Å². The fourth-order valence-electron chi connectivity index (χ4n) is 6.15. The molecule has 108 valence electrons. The molecule has 2 heteroatoms. The molecule has 5 saturated carbocycles. The maximum Gasteiger partial charge on any atom is 0.0698 e. The van der Waals surface area contributed by atoms with Gasteiger partial charge in [0, 0.05) is 12.6 Å². The van der Waals surface area contributed by atoms with Crippen molar-refractivity contribution in [1.82, 2.24) is 5.32 Å². The molecule has 4 bridgehead atoms. The summed E-state index contributed by atoms with van der Waals surface area (Å²) in [6, 6.07) is 0.700. The molecular weight excluding hydrogens is 234 g/mol. The molecule has 2 N–H and O–H groups in total. The SMILES string of the molecule is OC(CNC1CCCC1)C1C2CC3CC(C2)CC1C3. The molecule has 5 rings (SSSR count). The lowest BCUT2D eigenvalue weighted by Crippen LogP contribution is -2.52. The van der Waals surface area contributed by atoms with E-state index in [1.807, 2.05) is 0 Å². The summed E-state index contributed by atoms with van der Waals surface area (Å²) in [5, 5.41) is 14.3. The summed E-state index contributed by atoms with van der Waals surface area (Å²) in [7, 11) is 0. The minimum atomic E-state index is -0.0735. The van der Waals surface area contributed by atoms with Crippen molar-refractivity contribution in [1.29, 1.82) is 0 Å². The molecule has 0 radical (unpaired) electrons. The molecule has 0 heterocycles. The van der Waals surface area contributed by atoms with Crippen LogP contribution in [-0.4, -0.2) is 23.8 Å². The molecule has 0 spiro atoms. The number of hydrogen-bond acceptors (Lipinski definition) is 2. The number of rotatable bonds is 4. The number of nitrogens with one attached hydrogen (secondary N) is 1. The maximum absolute atomic E-state index is 10.7. The van der Waals surface area contributed by atoms with Crippen molar-refractivity contribution in [3.8, 4) is 0 Å². The van der Waals surface area contributed by atoms with Crippen LogP contribution in [0.4, 0.5) is 0 Å². The van der Waals surface area contributed by atoms with Crippen LogP contribution in [0.2, 0.25) is 0 Å². The van der Waals surface area contributed by atoms with E-state index in [9.17, 15) is 5.11 Å². The summed E-state index contributed by atoms with van der Waals surface area (Å²) >= 11 is 0. The van der Waals surface area contributed by atoms with Gasteiger partial charge in [-0.1, -0.05) is 12.8 Å². The molecular formula is C17H29NO. The van der Waals surface area contributed by atoms with Gasteiger partial charge in [0.25, 0.3) is 0 Å². The zero-order valence-electron chi connectivity index (χ0n) is 12.1. The molecule has 1 unspecified atom stereocenters. The summed E-state index contributed by atoms with van der Waals surface area (Å²) in [5.74, 6) is 4.39. The lowest BCUT2D eigenvalue weighted by Gasteiger charge is -2.55. The first-order valence-electron chi connectivity index (χ1n) is 8.71. The van der Waals surface area contributed by atoms with Gasteiger partial charge >= 0.3 is 0 Å². The van der Waals surface area contributed by atoms with Crippen molar-refractivity contribution >= 4 is 0 Å². The Labute approximate surface area is 117 Å². The van der Waals surface area contributed by atoms with E-state index in [1.165, 1.54) is 57.8 Å². The van der Waals surface area contributed by atoms with Gasteiger partial charge in [-0.05, 0) is 74.5 Å². The molecule has 5 fully saturated rings. The van der Waals surface area contributed by atoms with Crippen molar-refractivity contribution in [2.24, 2.45) is 29.6 Å². The second-order valence-corrected chi connectivity index (χ2v) is 7.97. The van der Waals surface area contributed by atoms with Crippen LogP contribution in [0.25, 0.3) is 0 Å². The van der Waals surface area contributed by atoms with Gasteiger partial charge in [-0.2, -0.15) is 0 Å². The maximum atomic E-state index is 10.7. The largest absolute Gasteiger partial charge is 0.391 e. The first kappa shape index (κ1) is 12.6. The van der Waals surface area contributed by atoms with E-state index >= 15 is 0 Å². The Morgan fingerprint density at radius 1 is 0.895 bits per heavy atom. The van der Waals surface area contributed by atoms with Gasteiger partial charge in [0.1, 0.15) is 0 Å². The topological polar surface area (TPSA) is 32.3 Å². The van der Waals surface area contributed by atoms with Crippen LogP contribution >= 0.6 is 0 Å². The van der Waals surface area contributed by atoms with Gasteiger partial charge in [-0.3, -0.25) is 0 Å². The summed E-state index contributed by atoms with van der Waals surface area (Å²) in [4.78, 5) is 0. The van der Waals surface area contributed by atoms with E-state index in [1.54, 1.807) is 0 Å². The predicted octanol–water partition coefficient (Wildman–Crippen LogP) is 2.95. The summed E-state index contributed by atoms with van der Waals surface area (Å²) < 4.78 is 0. The highest BCUT2D eigenvalue weighted by Crippen LogP contribution is 2.57. The zero-order chi connectivity index (χ0) is 12.8. The smallest absolute Gasteiger partial charge is 0.0698 e. The van der Waals surface area contributed by atoms with Crippen LogP contribution in [0.3, 0.4) is 0 Å². The fourth-order valence-corrected chi connectivity index (χ4v) is 6.15. The first-order valence-corrected chi connectivity index (χ1v) is 8.71. The molecule has 2 nitrogen and oxygen atoms in total. The van der Waals surface area contributed by atoms with E-state index in [0.29, 0.717) is 12.0 Å². The van der Waals surface area contributed by atoms with Gasteiger partial charge in [0.05, 0.1) is 6.10 Å². The summed E-state index contributed by atoms with van der Waals surface area (Å²) in [6.07, 6.45) is 12.6. The van der Waals surface area contributed by atoms with E-state index in [0.717, 1.165) is 30.2 Å². The molecule has 0 saturated heterocycles. The molecule has 0 aromatic heterocycles. The third-order valence-corrected chi connectivity index (χ3v) is 6.71. The normalized spacial score (nSPS) is 46.9. The minimum absolute atomic E-state index is 0.0735. The Kier molecular flexibility index (Phi) is 3.35. The van der Waals surface area contributed by atoms with Crippen LogP contribution < -0.4 is 5.32 Å². The van der Waals surface area contributed by atoms with Crippen LogP contribution in [0, 0.1) is 29.6 Å². The molecule has 1 atom stereocenters. The average Bonchev–Trinajstić information content (AvgIpc) is 2.88. The number of aliphatic hydroxyl groups excluding tert-OH is 1. The van der Waals surface area contributed by atoms with Crippen molar-refractivity contribution in [2.75, 3.05) is 6.54 Å². The highest BCUT2D eigenvalue weighted by molar-refractivity contribution is 5.00. The Balaban J connectivity index is 1.35. The minimum Gasteiger partial charge on any atom is -0.391 e. The Bertz CT molecular complexity index is 295. The summed E-state index contributed by atoms with van der Waals surface area (Å²) in [6.45, 7) is 0.859. The molecule has 5 aliphatic carbocycles. The monoisotopic (exact) mass is 263 g/mol. The van der Waals surface area contributed by atoms with Crippen LogP contribution in [0.5, 0.6) is 0 Å². The van der Waals surface area contributed by atoms with E-state index in [-0.39, 0.29) is 6.10 Å². The van der Waals surface area contributed by atoms with Crippen LogP contribution in [0.1, 0.15) is 57.8 Å². The van der Waals surface area contributed by atoms with Crippen molar-refractivity contribution < 1.29 is 5.11 Å². The quantitative estimate of drug-likeness (QED) is 0.817. The van der Waals surface area contributed by atoms with Gasteiger partial charge < -0.3 is 10.4 Å². The molecule has 19 heavy (non-hydrogen) atoms. The fraction of sp³-hybridized carbons (Fsp3) is 1.00. The molecule has 0 aliphatic heterocycles. The lowest BCUT2D eigenvalue weighted by molar-refractivity contribution is -0.0886. The van der Waals surface area contributed by atoms with E-state index in [4.69, 9.17) is 0 Å². The van der Waals surface area contributed by atoms with E-state index < -0.39 is 0 Å².